The van der Waals surface area contributed by atoms with Crippen LogP contribution >= 0.6 is 0 Å². The van der Waals surface area contributed by atoms with Crippen LogP contribution in [0.3, 0.4) is 0 Å². The van der Waals surface area contributed by atoms with E-state index in [4.69, 9.17) is 9.47 Å². The molecule has 0 unspecified atom stereocenters. The van der Waals surface area contributed by atoms with Crippen LogP contribution in [0, 0.1) is 0 Å². The standard InChI is InChI=1S/C18H22N2O2/c1-21-16-6-4-5-15(13-16)14-22-18-8-3-2-7-17(18)20-11-9-19-10-12-20/h2-8,13,19H,9-12,14H2,1H3. The average molecular weight is 298 g/mol. The molecule has 2 aromatic carbocycles. The van der Waals surface area contributed by atoms with E-state index in [1.807, 2.05) is 30.3 Å². The highest BCUT2D eigenvalue weighted by molar-refractivity contribution is 5.58. The number of para-hydroxylation sites is 2. The lowest BCUT2D eigenvalue weighted by Crippen LogP contribution is -2.43. The van der Waals surface area contributed by atoms with Crippen molar-refractivity contribution >= 4 is 5.69 Å². The van der Waals surface area contributed by atoms with E-state index in [1.165, 1.54) is 5.69 Å². The van der Waals surface area contributed by atoms with Crippen molar-refractivity contribution in [2.24, 2.45) is 0 Å². The molecule has 2 aromatic rings. The molecule has 0 aromatic heterocycles. The molecule has 1 aliphatic rings. The van der Waals surface area contributed by atoms with E-state index in [1.54, 1.807) is 7.11 Å². The van der Waals surface area contributed by atoms with Gasteiger partial charge < -0.3 is 19.7 Å². The minimum Gasteiger partial charge on any atom is -0.497 e. The summed E-state index contributed by atoms with van der Waals surface area (Å²) in [4.78, 5) is 2.37. The van der Waals surface area contributed by atoms with Crippen LogP contribution in [0.1, 0.15) is 5.56 Å². The molecule has 4 heteroatoms. The molecule has 0 saturated carbocycles. The zero-order valence-electron chi connectivity index (χ0n) is 12.9. The summed E-state index contributed by atoms with van der Waals surface area (Å²) in [6.45, 7) is 4.60. The molecule has 0 amide bonds. The zero-order chi connectivity index (χ0) is 15.2. The monoisotopic (exact) mass is 298 g/mol. The van der Waals surface area contributed by atoms with Gasteiger partial charge in [0.2, 0.25) is 0 Å². The number of nitrogens with one attached hydrogen (secondary N) is 1. The number of hydrogen-bond acceptors (Lipinski definition) is 4. The lowest BCUT2D eigenvalue weighted by Gasteiger charge is -2.30. The van der Waals surface area contributed by atoms with Gasteiger partial charge in [0, 0.05) is 26.2 Å². The fourth-order valence-corrected chi connectivity index (χ4v) is 2.67. The van der Waals surface area contributed by atoms with Crippen molar-refractivity contribution in [3.05, 3.63) is 54.1 Å². The van der Waals surface area contributed by atoms with E-state index in [-0.39, 0.29) is 0 Å². The van der Waals surface area contributed by atoms with Gasteiger partial charge in [0.15, 0.2) is 0 Å². The fraction of sp³-hybridized carbons (Fsp3) is 0.333. The van der Waals surface area contributed by atoms with E-state index in [2.05, 4.69) is 28.4 Å². The van der Waals surface area contributed by atoms with Crippen LogP contribution in [0.25, 0.3) is 0 Å². The van der Waals surface area contributed by atoms with Gasteiger partial charge in [-0.25, -0.2) is 0 Å². The van der Waals surface area contributed by atoms with E-state index in [0.717, 1.165) is 43.2 Å². The highest BCUT2D eigenvalue weighted by atomic mass is 16.5. The number of methoxy groups -OCH3 is 1. The summed E-state index contributed by atoms with van der Waals surface area (Å²) < 4.78 is 11.3. The third-order valence-corrected chi connectivity index (χ3v) is 3.85. The van der Waals surface area contributed by atoms with Crippen LogP contribution in [-0.4, -0.2) is 33.3 Å². The van der Waals surface area contributed by atoms with Gasteiger partial charge in [0.1, 0.15) is 18.1 Å². The smallest absolute Gasteiger partial charge is 0.143 e. The van der Waals surface area contributed by atoms with Crippen molar-refractivity contribution in [2.45, 2.75) is 6.61 Å². The molecule has 1 N–H and O–H groups in total. The molecule has 22 heavy (non-hydrogen) atoms. The first-order valence-electron chi connectivity index (χ1n) is 7.67. The van der Waals surface area contributed by atoms with E-state index < -0.39 is 0 Å². The minimum absolute atomic E-state index is 0.542. The van der Waals surface area contributed by atoms with Gasteiger partial charge in [0.05, 0.1) is 12.8 Å². The molecule has 1 heterocycles. The highest BCUT2D eigenvalue weighted by Crippen LogP contribution is 2.29. The van der Waals surface area contributed by atoms with Gasteiger partial charge in [-0.2, -0.15) is 0 Å². The first kappa shape index (κ1) is 14.7. The first-order valence-corrected chi connectivity index (χ1v) is 7.67. The fourth-order valence-electron chi connectivity index (χ4n) is 2.67. The topological polar surface area (TPSA) is 33.7 Å². The van der Waals surface area contributed by atoms with Crippen molar-refractivity contribution < 1.29 is 9.47 Å². The molecule has 1 fully saturated rings. The van der Waals surface area contributed by atoms with Gasteiger partial charge >= 0.3 is 0 Å². The van der Waals surface area contributed by atoms with E-state index in [0.29, 0.717) is 6.61 Å². The number of benzene rings is 2. The number of ether oxygens (including phenoxy) is 2. The third kappa shape index (κ3) is 3.52. The van der Waals surface area contributed by atoms with E-state index >= 15 is 0 Å². The van der Waals surface area contributed by atoms with Gasteiger partial charge in [-0.05, 0) is 29.8 Å². The summed E-state index contributed by atoms with van der Waals surface area (Å²) >= 11 is 0. The predicted molar refractivity (Wildman–Crippen MR) is 88.9 cm³/mol. The Hall–Kier alpha value is -2.20. The molecule has 0 aliphatic carbocycles. The molecule has 0 spiro atoms. The second kappa shape index (κ2) is 7.18. The Morgan fingerprint density at radius 1 is 1.05 bits per heavy atom. The van der Waals surface area contributed by atoms with E-state index in [9.17, 15) is 0 Å². The maximum Gasteiger partial charge on any atom is 0.143 e. The van der Waals surface area contributed by atoms with Gasteiger partial charge in [-0.3, -0.25) is 0 Å². The molecule has 1 aliphatic heterocycles. The Bertz CT molecular complexity index is 610. The molecular formula is C18H22N2O2. The number of hydrogen-bond donors (Lipinski definition) is 1. The van der Waals surface area contributed by atoms with Crippen molar-refractivity contribution in [3.8, 4) is 11.5 Å². The van der Waals surface area contributed by atoms with Crippen LogP contribution in [0.5, 0.6) is 11.5 Å². The number of nitrogens with zero attached hydrogens (tertiary/aromatic N) is 1. The van der Waals surface area contributed by atoms with Crippen molar-refractivity contribution in [1.82, 2.24) is 5.32 Å². The molecule has 4 nitrogen and oxygen atoms in total. The van der Waals surface area contributed by atoms with Crippen LogP contribution in [0.15, 0.2) is 48.5 Å². The summed E-state index contributed by atoms with van der Waals surface area (Å²) in [6, 6.07) is 16.2. The molecular weight excluding hydrogens is 276 g/mol. The molecule has 0 bridgehead atoms. The predicted octanol–water partition coefficient (Wildman–Crippen LogP) is 2.68. The molecule has 1 saturated heterocycles. The van der Waals surface area contributed by atoms with Crippen molar-refractivity contribution in [2.75, 3.05) is 38.2 Å². The summed E-state index contributed by atoms with van der Waals surface area (Å²) in [7, 11) is 1.68. The van der Waals surface area contributed by atoms with Crippen molar-refractivity contribution in [3.63, 3.8) is 0 Å². The summed E-state index contributed by atoms with van der Waals surface area (Å²) in [5.74, 6) is 1.80. The number of anilines is 1. The van der Waals surface area contributed by atoms with Gasteiger partial charge in [-0.15, -0.1) is 0 Å². The largest absolute Gasteiger partial charge is 0.497 e. The van der Waals surface area contributed by atoms with Gasteiger partial charge in [-0.1, -0.05) is 24.3 Å². The van der Waals surface area contributed by atoms with Crippen LogP contribution in [0.4, 0.5) is 5.69 Å². The minimum atomic E-state index is 0.542. The lowest BCUT2D eigenvalue weighted by molar-refractivity contribution is 0.305. The Morgan fingerprint density at radius 3 is 2.68 bits per heavy atom. The normalized spacial score (nSPS) is 14.7. The second-order valence-corrected chi connectivity index (χ2v) is 5.34. The first-order chi connectivity index (χ1) is 10.9. The summed E-state index contributed by atoms with van der Waals surface area (Å²) in [5.41, 5.74) is 2.28. The SMILES string of the molecule is COc1cccc(COc2ccccc2N2CCNCC2)c1. The Balaban J connectivity index is 1.71. The molecule has 3 rings (SSSR count). The zero-order valence-corrected chi connectivity index (χ0v) is 12.9. The second-order valence-electron chi connectivity index (χ2n) is 5.34. The summed E-state index contributed by atoms with van der Waals surface area (Å²) in [5, 5.41) is 3.38. The summed E-state index contributed by atoms with van der Waals surface area (Å²) in [6.07, 6.45) is 0. The molecule has 0 atom stereocenters. The van der Waals surface area contributed by atoms with Crippen molar-refractivity contribution in [1.29, 1.82) is 0 Å². The lowest BCUT2D eigenvalue weighted by atomic mass is 10.2. The Morgan fingerprint density at radius 2 is 1.86 bits per heavy atom. The van der Waals surface area contributed by atoms with Gasteiger partial charge in [0.25, 0.3) is 0 Å². The maximum absolute atomic E-state index is 6.06. The number of rotatable bonds is 5. The Labute approximate surface area is 131 Å². The van der Waals surface area contributed by atoms with Crippen LogP contribution in [-0.2, 0) is 6.61 Å². The third-order valence-electron chi connectivity index (χ3n) is 3.85. The highest BCUT2D eigenvalue weighted by Gasteiger charge is 2.14. The number of piperazine rings is 1. The average Bonchev–Trinajstić information content (AvgIpc) is 2.61. The maximum atomic E-state index is 6.06. The molecule has 116 valence electrons. The molecule has 0 radical (unpaired) electrons. The van der Waals surface area contributed by atoms with Crippen LogP contribution in [0.2, 0.25) is 0 Å². The van der Waals surface area contributed by atoms with Crippen LogP contribution < -0.4 is 19.7 Å². The quantitative estimate of drug-likeness (QED) is 0.920. The Kier molecular flexibility index (Phi) is 4.81.